The fraction of sp³-hybridized carbons (Fsp3) is 0.0769. The molecule has 0 aliphatic heterocycles. The van der Waals surface area contributed by atoms with Gasteiger partial charge in [-0.15, -0.1) is 0 Å². The van der Waals surface area contributed by atoms with Crippen LogP contribution in [0, 0.1) is 0 Å². The molecule has 0 spiro atoms. The Kier molecular flexibility index (Phi) is 2.14. The van der Waals surface area contributed by atoms with Crippen LogP contribution >= 0.6 is 15.9 Å². The second-order valence-corrected chi connectivity index (χ2v) is 4.52. The summed E-state index contributed by atoms with van der Waals surface area (Å²) in [6, 6.07) is 12.2. The predicted molar refractivity (Wildman–Crippen MR) is 70.1 cm³/mol. The highest BCUT2D eigenvalue weighted by Crippen LogP contribution is 2.36. The van der Waals surface area contributed by atoms with Gasteiger partial charge < -0.3 is 9.72 Å². The van der Waals surface area contributed by atoms with E-state index in [2.05, 4.69) is 33.0 Å². The van der Waals surface area contributed by atoms with Crippen LogP contribution in [-0.2, 0) is 0 Å². The van der Waals surface area contributed by atoms with Gasteiger partial charge in [0, 0.05) is 15.4 Å². The number of aromatic nitrogens is 1. The lowest BCUT2D eigenvalue weighted by Gasteiger charge is -2.03. The number of methoxy groups -OCH3 is 1. The lowest BCUT2D eigenvalue weighted by molar-refractivity contribution is 0.420. The van der Waals surface area contributed by atoms with E-state index in [0.29, 0.717) is 0 Å². The number of hydrogen-bond donors (Lipinski definition) is 1. The number of aromatic amines is 1. The molecule has 1 aromatic heterocycles. The number of fused-ring (bicyclic) bond motifs is 3. The molecule has 0 aliphatic rings. The third-order valence-corrected chi connectivity index (χ3v) is 3.45. The fourth-order valence-electron chi connectivity index (χ4n) is 2.06. The van der Waals surface area contributed by atoms with Crippen molar-refractivity contribution >= 4 is 37.7 Å². The summed E-state index contributed by atoms with van der Waals surface area (Å²) in [5.41, 5.74) is 2.21. The van der Waals surface area contributed by atoms with E-state index < -0.39 is 0 Å². The van der Waals surface area contributed by atoms with Crippen molar-refractivity contribution < 1.29 is 4.74 Å². The first-order valence-electron chi connectivity index (χ1n) is 5.04. The molecule has 0 atom stereocenters. The Labute approximate surface area is 101 Å². The third-order valence-electron chi connectivity index (χ3n) is 2.79. The molecule has 0 saturated heterocycles. The van der Waals surface area contributed by atoms with Crippen molar-refractivity contribution in [3.05, 3.63) is 40.9 Å². The molecule has 0 fully saturated rings. The summed E-state index contributed by atoms with van der Waals surface area (Å²) >= 11 is 3.55. The van der Waals surface area contributed by atoms with Crippen LogP contribution in [0.25, 0.3) is 21.8 Å². The van der Waals surface area contributed by atoms with Crippen molar-refractivity contribution in [1.82, 2.24) is 4.98 Å². The average Bonchev–Trinajstić information content (AvgIpc) is 2.70. The number of hydrogen-bond acceptors (Lipinski definition) is 1. The van der Waals surface area contributed by atoms with Crippen LogP contribution in [0.3, 0.4) is 0 Å². The fourth-order valence-corrected chi connectivity index (χ4v) is 2.49. The van der Waals surface area contributed by atoms with Crippen LogP contribution in [0.5, 0.6) is 5.75 Å². The van der Waals surface area contributed by atoms with Crippen molar-refractivity contribution in [3.63, 3.8) is 0 Å². The molecule has 0 bridgehead atoms. The Balaban J connectivity index is 2.59. The molecule has 3 aromatic rings. The van der Waals surface area contributed by atoms with Gasteiger partial charge in [-0.05, 0) is 34.1 Å². The van der Waals surface area contributed by atoms with Crippen molar-refractivity contribution in [1.29, 1.82) is 0 Å². The number of rotatable bonds is 1. The molecular weight excluding hydrogens is 266 g/mol. The topological polar surface area (TPSA) is 25.0 Å². The molecule has 0 saturated carbocycles. The van der Waals surface area contributed by atoms with E-state index in [1.807, 2.05) is 24.3 Å². The summed E-state index contributed by atoms with van der Waals surface area (Å²) in [5, 5.41) is 2.32. The predicted octanol–water partition coefficient (Wildman–Crippen LogP) is 4.09. The van der Waals surface area contributed by atoms with Crippen LogP contribution in [0.1, 0.15) is 0 Å². The van der Waals surface area contributed by atoms with E-state index >= 15 is 0 Å². The molecule has 1 N–H and O–H groups in total. The molecule has 3 heteroatoms. The van der Waals surface area contributed by atoms with E-state index in [-0.39, 0.29) is 0 Å². The number of H-pyrrole nitrogens is 1. The zero-order valence-corrected chi connectivity index (χ0v) is 10.3. The smallest absolute Gasteiger partial charge is 0.128 e. The summed E-state index contributed by atoms with van der Waals surface area (Å²) in [4.78, 5) is 3.39. The maximum Gasteiger partial charge on any atom is 0.128 e. The molecule has 2 nitrogen and oxygen atoms in total. The minimum Gasteiger partial charge on any atom is -0.496 e. The van der Waals surface area contributed by atoms with Gasteiger partial charge in [-0.1, -0.05) is 18.2 Å². The van der Waals surface area contributed by atoms with Crippen LogP contribution < -0.4 is 4.74 Å². The van der Waals surface area contributed by atoms with Crippen LogP contribution in [0.4, 0.5) is 0 Å². The molecular formula is C13H10BrNO. The number of ether oxygens (including phenoxy) is 1. The highest BCUT2D eigenvalue weighted by atomic mass is 79.9. The van der Waals surface area contributed by atoms with Gasteiger partial charge in [0.25, 0.3) is 0 Å². The van der Waals surface area contributed by atoms with Crippen molar-refractivity contribution in [2.75, 3.05) is 7.11 Å². The molecule has 0 unspecified atom stereocenters. The van der Waals surface area contributed by atoms with E-state index in [1.54, 1.807) is 7.11 Å². The van der Waals surface area contributed by atoms with Gasteiger partial charge >= 0.3 is 0 Å². The highest BCUT2D eigenvalue weighted by Gasteiger charge is 2.10. The Hall–Kier alpha value is -1.48. The van der Waals surface area contributed by atoms with Gasteiger partial charge in [-0.2, -0.15) is 0 Å². The van der Waals surface area contributed by atoms with Gasteiger partial charge in [0.15, 0.2) is 0 Å². The Bertz CT molecular complexity index is 672. The zero-order valence-electron chi connectivity index (χ0n) is 8.75. The lowest BCUT2D eigenvalue weighted by atomic mass is 10.1. The molecule has 3 rings (SSSR count). The summed E-state index contributed by atoms with van der Waals surface area (Å²) in [7, 11) is 1.70. The monoisotopic (exact) mass is 275 g/mol. The molecule has 0 amide bonds. The summed E-state index contributed by atoms with van der Waals surface area (Å²) in [5.74, 6) is 0.899. The normalized spacial score (nSPS) is 11.1. The minimum atomic E-state index is 0.899. The van der Waals surface area contributed by atoms with Crippen molar-refractivity contribution in [2.24, 2.45) is 0 Å². The number of benzene rings is 2. The van der Waals surface area contributed by atoms with Crippen LogP contribution in [-0.4, -0.2) is 12.1 Å². The van der Waals surface area contributed by atoms with E-state index in [9.17, 15) is 0 Å². The molecule has 0 aliphatic carbocycles. The highest BCUT2D eigenvalue weighted by molar-refractivity contribution is 9.10. The quantitative estimate of drug-likeness (QED) is 0.711. The Morgan fingerprint density at radius 3 is 2.75 bits per heavy atom. The second-order valence-electron chi connectivity index (χ2n) is 3.67. The van der Waals surface area contributed by atoms with Gasteiger partial charge in [-0.3, -0.25) is 0 Å². The van der Waals surface area contributed by atoms with Gasteiger partial charge in [0.1, 0.15) is 5.75 Å². The minimum absolute atomic E-state index is 0.899. The van der Waals surface area contributed by atoms with Crippen LogP contribution in [0.15, 0.2) is 40.9 Å². The van der Waals surface area contributed by atoms with Gasteiger partial charge in [-0.25, -0.2) is 0 Å². The lowest BCUT2D eigenvalue weighted by Crippen LogP contribution is -1.83. The maximum atomic E-state index is 5.41. The van der Waals surface area contributed by atoms with Gasteiger partial charge in [0.05, 0.1) is 18.0 Å². The number of para-hydroxylation sites is 1. The average molecular weight is 276 g/mol. The number of halogens is 1. The van der Waals surface area contributed by atoms with Crippen molar-refractivity contribution in [2.45, 2.75) is 0 Å². The molecule has 16 heavy (non-hydrogen) atoms. The first-order valence-corrected chi connectivity index (χ1v) is 5.83. The van der Waals surface area contributed by atoms with E-state index in [0.717, 1.165) is 26.6 Å². The first-order chi connectivity index (χ1) is 7.81. The number of nitrogens with one attached hydrogen (secondary N) is 1. The van der Waals surface area contributed by atoms with Crippen LogP contribution in [0.2, 0.25) is 0 Å². The summed E-state index contributed by atoms with van der Waals surface area (Å²) < 4.78 is 6.46. The maximum absolute atomic E-state index is 5.41. The Morgan fingerprint density at radius 2 is 1.94 bits per heavy atom. The zero-order chi connectivity index (χ0) is 11.1. The molecule has 1 heterocycles. The molecule has 2 aromatic carbocycles. The summed E-state index contributed by atoms with van der Waals surface area (Å²) in [6.07, 6.45) is 0. The van der Waals surface area contributed by atoms with E-state index in [4.69, 9.17) is 4.74 Å². The SMILES string of the molecule is COc1ccc(Br)c2[nH]c3ccccc3c12. The summed E-state index contributed by atoms with van der Waals surface area (Å²) in [6.45, 7) is 0. The first kappa shape index (κ1) is 9.73. The molecule has 0 radical (unpaired) electrons. The van der Waals surface area contributed by atoms with Gasteiger partial charge in [0.2, 0.25) is 0 Å². The second kappa shape index (κ2) is 3.52. The van der Waals surface area contributed by atoms with Crippen molar-refractivity contribution in [3.8, 4) is 5.75 Å². The standard InChI is InChI=1S/C13H10BrNO/c1-16-11-7-6-9(14)13-12(11)8-4-2-3-5-10(8)15-13/h2-7,15H,1H3. The van der Waals surface area contributed by atoms with E-state index in [1.165, 1.54) is 5.39 Å². The third kappa shape index (κ3) is 1.25. The largest absolute Gasteiger partial charge is 0.496 e. The Morgan fingerprint density at radius 1 is 1.12 bits per heavy atom. The molecule has 80 valence electrons.